The molecule has 0 fully saturated rings. The Bertz CT molecular complexity index is 632. The Labute approximate surface area is 117 Å². The van der Waals surface area contributed by atoms with Gasteiger partial charge in [0.2, 0.25) is 5.43 Å². The van der Waals surface area contributed by atoms with Crippen LogP contribution >= 0.6 is 0 Å². The lowest BCUT2D eigenvalue weighted by atomic mass is 10.2. The highest BCUT2D eigenvalue weighted by Crippen LogP contribution is 2.12. The molecule has 0 amide bonds. The number of hydrogen-bond acceptors (Lipinski definition) is 3. The normalized spacial score (nSPS) is 10.2. The van der Waals surface area contributed by atoms with Crippen LogP contribution in [0.4, 0.5) is 0 Å². The van der Waals surface area contributed by atoms with Crippen LogP contribution in [0.25, 0.3) is 0 Å². The summed E-state index contributed by atoms with van der Waals surface area (Å²) in [5.74, 6) is 0.0868. The number of ether oxygens (including phenoxy) is 1. The lowest BCUT2D eigenvalue weighted by Crippen LogP contribution is -2.13. The van der Waals surface area contributed by atoms with Gasteiger partial charge >= 0.3 is 0 Å². The van der Waals surface area contributed by atoms with Gasteiger partial charge in [-0.25, -0.2) is 0 Å². The molecule has 0 spiro atoms. The summed E-state index contributed by atoms with van der Waals surface area (Å²) in [6.07, 6.45) is 2.26. The molecule has 0 saturated carbocycles. The summed E-state index contributed by atoms with van der Waals surface area (Å²) in [7, 11) is 0. The number of benzene rings is 1. The molecule has 20 heavy (non-hydrogen) atoms. The molecule has 1 heterocycles. The molecule has 0 atom stereocenters. The quantitative estimate of drug-likeness (QED) is 0.822. The van der Waals surface area contributed by atoms with Crippen LogP contribution in [0, 0.1) is 0 Å². The van der Waals surface area contributed by atoms with E-state index >= 15 is 0 Å². The Kier molecular flexibility index (Phi) is 4.71. The van der Waals surface area contributed by atoms with Gasteiger partial charge in [-0.3, -0.25) is 9.59 Å². The summed E-state index contributed by atoms with van der Waals surface area (Å²) in [5.41, 5.74) is 1.65. The van der Waals surface area contributed by atoms with E-state index in [1.165, 1.54) is 6.07 Å². The van der Waals surface area contributed by atoms with Crippen LogP contribution in [0.15, 0.2) is 41.2 Å². The van der Waals surface area contributed by atoms with Crippen molar-refractivity contribution in [1.29, 1.82) is 0 Å². The SMILES string of the molecule is CCCc1cc(=O)c(OCc2ccccc2)c(C=O)[nH]1. The Hall–Kier alpha value is -2.36. The first-order valence-electron chi connectivity index (χ1n) is 6.62. The zero-order valence-corrected chi connectivity index (χ0v) is 11.4. The number of carbonyl (C=O) groups is 1. The summed E-state index contributed by atoms with van der Waals surface area (Å²) in [5, 5.41) is 0. The second-order valence-electron chi connectivity index (χ2n) is 4.54. The van der Waals surface area contributed by atoms with Gasteiger partial charge < -0.3 is 9.72 Å². The molecule has 1 aromatic heterocycles. The van der Waals surface area contributed by atoms with Crippen LogP contribution in [0.3, 0.4) is 0 Å². The average molecular weight is 271 g/mol. The minimum atomic E-state index is -0.259. The van der Waals surface area contributed by atoms with E-state index in [-0.39, 0.29) is 23.5 Å². The number of hydrogen-bond donors (Lipinski definition) is 1. The topological polar surface area (TPSA) is 59.2 Å². The fourth-order valence-electron chi connectivity index (χ4n) is 1.99. The molecule has 0 bridgehead atoms. The van der Waals surface area contributed by atoms with Gasteiger partial charge in [-0.2, -0.15) is 0 Å². The van der Waals surface area contributed by atoms with Crippen molar-refractivity contribution >= 4 is 6.29 Å². The lowest BCUT2D eigenvalue weighted by Gasteiger charge is -2.09. The molecule has 2 aromatic rings. The number of pyridine rings is 1. The number of nitrogens with one attached hydrogen (secondary N) is 1. The van der Waals surface area contributed by atoms with Crippen molar-refractivity contribution in [3.05, 3.63) is 63.6 Å². The van der Waals surface area contributed by atoms with E-state index in [1.807, 2.05) is 37.3 Å². The van der Waals surface area contributed by atoms with Crippen molar-refractivity contribution in [3.8, 4) is 5.75 Å². The van der Waals surface area contributed by atoms with Gasteiger partial charge in [-0.05, 0) is 12.0 Å². The van der Waals surface area contributed by atoms with Gasteiger partial charge in [0, 0.05) is 11.8 Å². The first-order valence-corrected chi connectivity index (χ1v) is 6.62. The largest absolute Gasteiger partial charge is 0.483 e. The number of aromatic nitrogens is 1. The number of rotatable bonds is 6. The zero-order chi connectivity index (χ0) is 14.4. The number of H-pyrrole nitrogens is 1. The van der Waals surface area contributed by atoms with Crippen LogP contribution in [0.2, 0.25) is 0 Å². The van der Waals surface area contributed by atoms with Crippen molar-refractivity contribution in [2.24, 2.45) is 0 Å². The first kappa shape index (κ1) is 14.1. The van der Waals surface area contributed by atoms with Gasteiger partial charge in [0.25, 0.3) is 0 Å². The fraction of sp³-hybridized carbons (Fsp3) is 0.250. The molecule has 4 nitrogen and oxygen atoms in total. The highest BCUT2D eigenvalue weighted by Gasteiger charge is 2.10. The molecule has 0 radical (unpaired) electrons. The van der Waals surface area contributed by atoms with E-state index in [0.717, 1.165) is 24.1 Å². The number of aromatic amines is 1. The summed E-state index contributed by atoms with van der Waals surface area (Å²) < 4.78 is 5.50. The molecule has 0 saturated heterocycles. The summed E-state index contributed by atoms with van der Waals surface area (Å²) >= 11 is 0. The molecule has 0 unspecified atom stereocenters. The minimum absolute atomic E-state index is 0.0868. The Morgan fingerprint density at radius 3 is 2.65 bits per heavy atom. The number of carbonyl (C=O) groups excluding carboxylic acids is 1. The highest BCUT2D eigenvalue weighted by molar-refractivity contribution is 5.76. The maximum absolute atomic E-state index is 12.0. The first-order chi connectivity index (χ1) is 9.74. The summed E-state index contributed by atoms with van der Waals surface area (Å²) in [4.78, 5) is 26.1. The zero-order valence-electron chi connectivity index (χ0n) is 11.4. The molecule has 1 N–H and O–H groups in total. The molecule has 104 valence electrons. The van der Waals surface area contributed by atoms with E-state index in [9.17, 15) is 9.59 Å². The molecule has 1 aromatic carbocycles. The molecule has 0 aliphatic heterocycles. The standard InChI is InChI=1S/C16H17NO3/c1-2-6-13-9-15(19)16(14(10-18)17-13)20-11-12-7-4-3-5-8-12/h3-5,7-10H,2,6,11H2,1H3,(H,17,19). The third-order valence-corrected chi connectivity index (χ3v) is 2.93. The average Bonchev–Trinajstić information content (AvgIpc) is 2.47. The third kappa shape index (κ3) is 3.35. The van der Waals surface area contributed by atoms with E-state index in [2.05, 4.69) is 4.98 Å². The molecule has 0 aliphatic rings. The van der Waals surface area contributed by atoms with Crippen molar-refractivity contribution < 1.29 is 9.53 Å². The maximum atomic E-state index is 12.0. The minimum Gasteiger partial charge on any atom is -0.483 e. The van der Waals surface area contributed by atoms with E-state index in [1.54, 1.807) is 0 Å². The number of aryl methyl sites for hydroxylation is 1. The maximum Gasteiger partial charge on any atom is 0.224 e. The van der Waals surface area contributed by atoms with Gasteiger partial charge in [-0.1, -0.05) is 43.7 Å². The monoisotopic (exact) mass is 271 g/mol. The predicted molar refractivity (Wildman–Crippen MR) is 77.2 cm³/mol. The van der Waals surface area contributed by atoms with Crippen LogP contribution in [0.1, 0.15) is 35.1 Å². The predicted octanol–water partition coefficient (Wildman–Crippen LogP) is 2.72. The highest BCUT2D eigenvalue weighted by atomic mass is 16.5. The summed E-state index contributed by atoms with van der Waals surface area (Å²) in [6.45, 7) is 2.27. The molecule has 2 rings (SSSR count). The van der Waals surface area contributed by atoms with Gasteiger partial charge in [0.15, 0.2) is 12.0 Å². The van der Waals surface area contributed by atoms with Gasteiger partial charge in [0.1, 0.15) is 12.3 Å². The van der Waals surface area contributed by atoms with Crippen molar-refractivity contribution in [2.45, 2.75) is 26.4 Å². The fourth-order valence-corrected chi connectivity index (χ4v) is 1.99. The second-order valence-corrected chi connectivity index (χ2v) is 4.54. The lowest BCUT2D eigenvalue weighted by molar-refractivity contribution is 0.111. The van der Waals surface area contributed by atoms with Crippen molar-refractivity contribution in [2.75, 3.05) is 0 Å². The molecular formula is C16H17NO3. The van der Waals surface area contributed by atoms with Crippen LogP contribution in [0.5, 0.6) is 5.75 Å². The third-order valence-electron chi connectivity index (χ3n) is 2.93. The van der Waals surface area contributed by atoms with Crippen LogP contribution in [-0.4, -0.2) is 11.3 Å². The molecule has 0 aliphatic carbocycles. The van der Waals surface area contributed by atoms with Gasteiger partial charge in [-0.15, -0.1) is 0 Å². The van der Waals surface area contributed by atoms with E-state index < -0.39 is 0 Å². The Morgan fingerprint density at radius 2 is 2.00 bits per heavy atom. The molecular weight excluding hydrogens is 254 g/mol. The van der Waals surface area contributed by atoms with Crippen molar-refractivity contribution in [3.63, 3.8) is 0 Å². The van der Waals surface area contributed by atoms with Gasteiger partial charge in [0.05, 0.1) is 0 Å². The van der Waals surface area contributed by atoms with Crippen LogP contribution < -0.4 is 10.2 Å². The van der Waals surface area contributed by atoms with E-state index in [0.29, 0.717) is 6.29 Å². The van der Waals surface area contributed by atoms with E-state index in [4.69, 9.17) is 4.74 Å². The smallest absolute Gasteiger partial charge is 0.224 e. The second kappa shape index (κ2) is 6.70. The van der Waals surface area contributed by atoms with Crippen LogP contribution in [-0.2, 0) is 13.0 Å². The molecule has 4 heteroatoms. The Morgan fingerprint density at radius 1 is 1.25 bits per heavy atom. The van der Waals surface area contributed by atoms with Crippen molar-refractivity contribution in [1.82, 2.24) is 4.98 Å². The number of aldehydes is 1. The summed E-state index contributed by atoms with van der Waals surface area (Å²) in [6, 6.07) is 11.0. The Balaban J connectivity index is 2.23.